The number of hydrogen-bond donors (Lipinski definition) is 3. The number of nitrogens with two attached hydrogens (primary N) is 1. The fraction of sp³-hybridized carbons (Fsp3) is 0.360. The average Bonchev–Trinajstić information content (AvgIpc) is 2.83. The molecule has 1 saturated heterocycles. The van der Waals surface area contributed by atoms with Crippen LogP contribution in [0, 0.1) is 11.3 Å². The third-order valence-corrected chi connectivity index (χ3v) is 7.35. The van der Waals surface area contributed by atoms with Crippen LogP contribution < -0.4 is 11.1 Å². The number of nitrogens with one attached hydrogen (secondary N) is 1. The predicted molar refractivity (Wildman–Crippen MR) is 132 cm³/mol. The van der Waals surface area contributed by atoms with E-state index in [0.29, 0.717) is 36.0 Å². The molecule has 0 aliphatic carbocycles. The van der Waals surface area contributed by atoms with Gasteiger partial charge in [0.05, 0.1) is 17.4 Å². The van der Waals surface area contributed by atoms with Crippen LogP contribution in [-0.4, -0.2) is 61.2 Å². The molecule has 2 aromatic carbocycles. The van der Waals surface area contributed by atoms with Gasteiger partial charge in [-0.05, 0) is 47.6 Å². The Hall–Kier alpha value is -3.91. The highest BCUT2D eigenvalue weighted by Gasteiger charge is 2.33. The van der Waals surface area contributed by atoms with Gasteiger partial charge in [-0.1, -0.05) is 36.4 Å². The molecule has 3 rings (SSSR count). The van der Waals surface area contributed by atoms with Crippen LogP contribution in [0.25, 0.3) is 11.1 Å². The number of hydrogen-bond acceptors (Lipinski definition) is 6. The molecule has 4 N–H and O–H groups in total. The number of sulfone groups is 1. The Morgan fingerprint density at radius 1 is 1.17 bits per heavy atom. The maximum Gasteiger partial charge on any atom is 0.407 e. The van der Waals surface area contributed by atoms with Crippen LogP contribution >= 0.6 is 0 Å². The fourth-order valence-corrected chi connectivity index (χ4v) is 5.26. The van der Waals surface area contributed by atoms with E-state index in [-0.39, 0.29) is 24.3 Å². The molecule has 1 aliphatic heterocycles. The van der Waals surface area contributed by atoms with Crippen LogP contribution in [0.1, 0.15) is 30.4 Å². The number of piperidine rings is 1. The van der Waals surface area contributed by atoms with E-state index in [2.05, 4.69) is 5.32 Å². The monoisotopic (exact) mass is 512 g/mol. The number of nitriles is 1. The zero-order chi connectivity index (χ0) is 26.5. The van der Waals surface area contributed by atoms with Crippen molar-refractivity contribution >= 4 is 27.7 Å². The zero-order valence-corrected chi connectivity index (χ0v) is 20.6. The molecule has 190 valence electrons. The number of benzene rings is 2. The van der Waals surface area contributed by atoms with Gasteiger partial charge in [-0.2, -0.15) is 5.26 Å². The molecule has 0 aromatic heterocycles. The summed E-state index contributed by atoms with van der Waals surface area (Å²) in [6, 6.07) is 12.0. The number of nitrogens with zero attached hydrogens (tertiary/aromatic N) is 2. The van der Waals surface area contributed by atoms with Gasteiger partial charge < -0.3 is 16.2 Å². The van der Waals surface area contributed by atoms with Crippen LogP contribution in [-0.2, 0) is 32.3 Å². The number of rotatable bonds is 8. The molecule has 1 fully saturated rings. The standard InChI is InChI=1S/C25H28N4O6S/c1-36(34,35)22-15-19(10-9-18(22)11-12-26)17-7-5-16(6-8-17)14-20(23(27)30)28-24(31)21-4-2-3-13-29(21)25(32)33/h5-10,15,20-21H,2-4,11,13-14H2,1H3,(H2,27,30)(H,28,31)(H,32,33). The largest absolute Gasteiger partial charge is 0.465 e. The summed E-state index contributed by atoms with van der Waals surface area (Å²) in [5.74, 6) is -1.29. The topological polar surface area (TPSA) is 171 Å². The van der Waals surface area contributed by atoms with Gasteiger partial charge in [-0.3, -0.25) is 14.5 Å². The van der Waals surface area contributed by atoms with Gasteiger partial charge in [-0.15, -0.1) is 0 Å². The van der Waals surface area contributed by atoms with Crippen LogP contribution in [0.15, 0.2) is 47.4 Å². The Labute approximate surface area is 209 Å². The first-order valence-corrected chi connectivity index (χ1v) is 13.3. The van der Waals surface area contributed by atoms with Gasteiger partial charge in [-0.25, -0.2) is 13.2 Å². The normalized spacial score (nSPS) is 16.6. The van der Waals surface area contributed by atoms with Crippen LogP contribution in [0.5, 0.6) is 0 Å². The summed E-state index contributed by atoms with van der Waals surface area (Å²) in [7, 11) is -3.53. The van der Waals surface area contributed by atoms with Crippen molar-refractivity contribution in [1.82, 2.24) is 10.2 Å². The summed E-state index contributed by atoms with van der Waals surface area (Å²) in [4.78, 5) is 37.4. The van der Waals surface area contributed by atoms with Crippen molar-refractivity contribution in [3.8, 4) is 17.2 Å². The molecule has 0 radical (unpaired) electrons. The Morgan fingerprint density at radius 3 is 2.42 bits per heavy atom. The molecule has 36 heavy (non-hydrogen) atoms. The van der Waals surface area contributed by atoms with Crippen molar-refractivity contribution in [3.63, 3.8) is 0 Å². The lowest BCUT2D eigenvalue weighted by Crippen LogP contribution is -2.56. The van der Waals surface area contributed by atoms with Crippen molar-refractivity contribution in [2.75, 3.05) is 12.8 Å². The van der Waals surface area contributed by atoms with Gasteiger partial charge in [0.2, 0.25) is 11.8 Å². The lowest BCUT2D eigenvalue weighted by Gasteiger charge is -2.33. The Morgan fingerprint density at radius 2 is 1.83 bits per heavy atom. The highest BCUT2D eigenvalue weighted by Crippen LogP contribution is 2.26. The van der Waals surface area contributed by atoms with Gasteiger partial charge in [0, 0.05) is 19.2 Å². The first kappa shape index (κ1) is 26.7. The lowest BCUT2D eigenvalue weighted by molar-refractivity contribution is -0.131. The fourth-order valence-electron chi connectivity index (χ4n) is 4.30. The Balaban J connectivity index is 1.77. The zero-order valence-electron chi connectivity index (χ0n) is 19.8. The van der Waals surface area contributed by atoms with Gasteiger partial charge >= 0.3 is 6.09 Å². The van der Waals surface area contributed by atoms with Crippen molar-refractivity contribution < 1.29 is 27.9 Å². The third kappa shape index (κ3) is 6.40. The Kier molecular flexibility index (Phi) is 8.32. The van der Waals surface area contributed by atoms with E-state index in [1.165, 1.54) is 6.07 Å². The smallest absolute Gasteiger partial charge is 0.407 e. The number of likely N-dealkylation sites (tertiary alicyclic amines) is 1. The summed E-state index contributed by atoms with van der Waals surface area (Å²) in [5, 5.41) is 20.9. The van der Waals surface area contributed by atoms with Crippen molar-refractivity contribution in [3.05, 3.63) is 53.6 Å². The molecule has 0 spiro atoms. The molecular formula is C25H28N4O6S. The molecule has 2 atom stereocenters. The van der Waals surface area contributed by atoms with Gasteiger partial charge in [0.25, 0.3) is 0 Å². The first-order chi connectivity index (χ1) is 17.0. The quantitative estimate of drug-likeness (QED) is 0.484. The lowest BCUT2D eigenvalue weighted by atomic mass is 9.98. The molecule has 3 amide bonds. The third-order valence-electron chi connectivity index (χ3n) is 6.17. The van der Waals surface area contributed by atoms with Crippen molar-refractivity contribution in [2.24, 2.45) is 5.73 Å². The maximum atomic E-state index is 12.8. The van der Waals surface area contributed by atoms with Crippen LogP contribution in [0.3, 0.4) is 0 Å². The molecule has 2 unspecified atom stereocenters. The molecule has 2 aromatic rings. The number of carbonyl (C=O) groups excluding carboxylic acids is 2. The molecule has 10 nitrogen and oxygen atoms in total. The van der Waals surface area contributed by atoms with E-state index in [0.717, 1.165) is 16.7 Å². The minimum absolute atomic E-state index is 0.0209. The van der Waals surface area contributed by atoms with Crippen LogP contribution in [0.4, 0.5) is 4.79 Å². The second-order valence-electron chi connectivity index (χ2n) is 8.78. The van der Waals surface area contributed by atoms with E-state index >= 15 is 0 Å². The molecule has 1 heterocycles. The van der Waals surface area contributed by atoms with Crippen molar-refractivity contribution in [1.29, 1.82) is 5.26 Å². The summed E-state index contributed by atoms with van der Waals surface area (Å²) in [6.45, 7) is 0.259. The maximum absolute atomic E-state index is 12.8. The van der Waals surface area contributed by atoms with Gasteiger partial charge in [0.15, 0.2) is 9.84 Å². The molecule has 1 aliphatic rings. The highest BCUT2D eigenvalue weighted by molar-refractivity contribution is 7.90. The van der Waals surface area contributed by atoms with E-state index in [1.807, 2.05) is 6.07 Å². The van der Waals surface area contributed by atoms with E-state index in [4.69, 9.17) is 11.0 Å². The summed E-state index contributed by atoms with van der Waals surface area (Å²) < 4.78 is 24.4. The van der Waals surface area contributed by atoms with E-state index in [1.54, 1.807) is 36.4 Å². The molecular weight excluding hydrogens is 484 g/mol. The van der Waals surface area contributed by atoms with E-state index < -0.39 is 39.8 Å². The number of amides is 3. The number of carboxylic acid groups (broad SMARTS) is 1. The second kappa shape index (κ2) is 11.2. The van der Waals surface area contributed by atoms with Crippen LogP contribution in [0.2, 0.25) is 0 Å². The molecule has 0 saturated carbocycles. The predicted octanol–water partition coefficient (Wildman–Crippen LogP) is 1.87. The first-order valence-electron chi connectivity index (χ1n) is 11.4. The minimum atomic E-state index is -3.53. The highest BCUT2D eigenvalue weighted by atomic mass is 32.2. The molecule has 0 bridgehead atoms. The summed E-state index contributed by atoms with van der Waals surface area (Å²) >= 11 is 0. The Bertz CT molecular complexity index is 1300. The second-order valence-corrected chi connectivity index (χ2v) is 10.8. The van der Waals surface area contributed by atoms with Crippen molar-refractivity contribution in [2.45, 2.75) is 49.1 Å². The summed E-state index contributed by atoms with van der Waals surface area (Å²) in [5.41, 5.74) is 8.02. The number of carbonyl (C=O) groups is 3. The minimum Gasteiger partial charge on any atom is -0.465 e. The molecule has 11 heteroatoms. The SMILES string of the molecule is CS(=O)(=O)c1cc(-c2ccc(CC(NC(=O)C3CCCCN3C(=O)O)C(N)=O)cc2)ccc1CC#N. The summed E-state index contributed by atoms with van der Waals surface area (Å²) in [6.07, 6.45) is 1.76. The number of primary amides is 1. The van der Waals surface area contributed by atoms with Gasteiger partial charge in [0.1, 0.15) is 12.1 Å². The van der Waals surface area contributed by atoms with E-state index in [9.17, 15) is 27.9 Å². The average molecular weight is 513 g/mol.